The maximum absolute atomic E-state index is 13.8. The van der Waals surface area contributed by atoms with Gasteiger partial charge in [0.1, 0.15) is 5.82 Å². The Bertz CT molecular complexity index is 528. The summed E-state index contributed by atoms with van der Waals surface area (Å²) in [6.07, 6.45) is 0.0231. The third-order valence-corrected chi connectivity index (χ3v) is 3.59. The van der Waals surface area contributed by atoms with E-state index in [0.29, 0.717) is 5.56 Å². The molecule has 1 aromatic carbocycles. The standard InChI is InChI=1S/C16H22FNO3/c1-11(12-7-5-6-8-13(12)17)18(4)14(19)9-16(2,3)10-15(20)21/h5-8,11H,9-10H2,1-4H3,(H,20,21). The van der Waals surface area contributed by atoms with Crippen molar-refractivity contribution < 1.29 is 19.1 Å². The van der Waals surface area contributed by atoms with Crippen LogP contribution in [0.5, 0.6) is 0 Å². The largest absolute Gasteiger partial charge is 0.481 e. The van der Waals surface area contributed by atoms with Crippen molar-refractivity contribution in [2.75, 3.05) is 7.05 Å². The lowest BCUT2D eigenvalue weighted by atomic mass is 9.85. The molecule has 21 heavy (non-hydrogen) atoms. The Morgan fingerprint density at radius 2 is 1.86 bits per heavy atom. The fraction of sp³-hybridized carbons (Fsp3) is 0.500. The smallest absolute Gasteiger partial charge is 0.303 e. The first-order valence-corrected chi connectivity index (χ1v) is 6.86. The first-order chi connectivity index (χ1) is 9.64. The van der Waals surface area contributed by atoms with Gasteiger partial charge in [-0.2, -0.15) is 0 Å². The van der Waals surface area contributed by atoms with Gasteiger partial charge < -0.3 is 10.0 Å². The van der Waals surface area contributed by atoms with E-state index in [-0.39, 0.29) is 24.6 Å². The van der Waals surface area contributed by atoms with Crippen molar-refractivity contribution >= 4 is 11.9 Å². The van der Waals surface area contributed by atoms with Crippen LogP contribution in [0, 0.1) is 11.2 Å². The molecule has 0 bridgehead atoms. The number of carboxylic acids is 1. The van der Waals surface area contributed by atoms with Crippen molar-refractivity contribution in [1.29, 1.82) is 0 Å². The van der Waals surface area contributed by atoms with Crippen molar-refractivity contribution in [1.82, 2.24) is 4.90 Å². The molecule has 0 spiro atoms. The second-order valence-corrected chi connectivity index (χ2v) is 6.11. The zero-order valence-electron chi connectivity index (χ0n) is 12.9. The molecule has 1 unspecified atom stereocenters. The molecule has 0 saturated heterocycles. The highest BCUT2D eigenvalue weighted by Gasteiger charge is 2.28. The minimum Gasteiger partial charge on any atom is -0.481 e. The Morgan fingerprint density at radius 1 is 1.29 bits per heavy atom. The van der Waals surface area contributed by atoms with E-state index in [0.717, 1.165) is 0 Å². The topological polar surface area (TPSA) is 57.6 Å². The van der Waals surface area contributed by atoms with Crippen molar-refractivity contribution in [2.24, 2.45) is 5.41 Å². The minimum absolute atomic E-state index is 0.0827. The van der Waals surface area contributed by atoms with Gasteiger partial charge in [-0.1, -0.05) is 32.0 Å². The first-order valence-electron chi connectivity index (χ1n) is 6.86. The van der Waals surface area contributed by atoms with Gasteiger partial charge in [0.15, 0.2) is 0 Å². The molecule has 0 fully saturated rings. The van der Waals surface area contributed by atoms with Gasteiger partial charge in [-0.15, -0.1) is 0 Å². The molecule has 0 saturated carbocycles. The Hall–Kier alpha value is -1.91. The van der Waals surface area contributed by atoms with E-state index in [9.17, 15) is 14.0 Å². The van der Waals surface area contributed by atoms with Crippen LogP contribution in [0.2, 0.25) is 0 Å². The molecule has 1 amide bonds. The van der Waals surface area contributed by atoms with Gasteiger partial charge in [-0.05, 0) is 18.4 Å². The average molecular weight is 295 g/mol. The maximum atomic E-state index is 13.8. The number of rotatable bonds is 6. The van der Waals surface area contributed by atoms with Crippen LogP contribution in [0.4, 0.5) is 4.39 Å². The number of hydrogen-bond donors (Lipinski definition) is 1. The third kappa shape index (κ3) is 4.85. The lowest BCUT2D eigenvalue weighted by Gasteiger charge is -2.30. The molecule has 1 rings (SSSR count). The fourth-order valence-electron chi connectivity index (χ4n) is 2.24. The van der Waals surface area contributed by atoms with Crippen LogP contribution >= 0.6 is 0 Å². The zero-order chi connectivity index (χ0) is 16.2. The SMILES string of the molecule is CC(c1ccccc1F)N(C)C(=O)CC(C)(C)CC(=O)O. The number of amides is 1. The molecular formula is C16H22FNO3. The minimum atomic E-state index is -0.933. The summed E-state index contributed by atoms with van der Waals surface area (Å²) in [6.45, 7) is 5.22. The molecule has 5 heteroatoms. The molecule has 116 valence electrons. The van der Waals surface area contributed by atoms with Gasteiger partial charge >= 0.3 is 5.97 Å². The highest BCUT2D eigenvalue weighted by atomic mass is 19.1. The number of nitrogens with zero attached hydrogens (tertiary/aromatic N) is 1. The van der Waals surface area contributed by atoms with E-state index in [1.807, 2.05) is 0 Å². The summed E-state index contributed by atoms with van der Waals surface area (Å²) >= 11 is 0. The highest BCUT2D eigenvalue weighted by molar-refractivity contribution is 5.78. The third-order valence-electron chi connectivity index (χ3n) is 3.59. The summed E-state index contributed by atoms with van der Waals surface area (Å²) in [6, 6.07) is 5.93. The van der Waals surface area contributed by atoms with Crippen LogP contribution in [-0.2, 0) is 9.59 Å². The number of carbonyl (C=O) groups is 2. The molecule has 4 nitrogen and oxygen atoms in total. The first kappa shape index (κ1) is 17.1. The Morgan fingerprint density at radius 3 is 2.38 bits per heavy atom. The maximum Gasteiger partial charge on any atom is 0.303 e. The summed E-state index contributed by atoms with van der Waals surface area (Å²) in [5.74, 6) is -1.48. The van der Waals surface area contributed by atoms with Crippen molar-refractivity contribution in [2.45, 2.75) is 39.7 Å². The van der Waals surface area contributed by atoms with Crippen LogP contribution < -0.4 is 0 Å². The van der Waals surface area contributed by atoms with E-state index in [2.05, 4.69) is 0 Å². The summed E-state index contributed by atoms with van der Waals surface area (Å²) in [7, 11) is 1.61. The van der Waals surface area contributed by atoms with E-state index in [1.54, 1.807) is 46.0 Å². The second-order valence-electron chi connectivity index (χ2n) is 6.11. The normalized spacial score (nSPS) is 12.8. The molecule has 0 radical (unpaired) electrons. The average Bonchev–Trinajstić information content (AvgIpc) is 2.35. The molecule has 0 aliphatic heterocycles. The predicted octanol–water partition coefficient (Wildman–Crippen LogP) is 3.24. The number of carbonyl (C=O) groups excluding carboxylic acids is 1. The van der Waals surface area contributed by atoms with Gasteiger partial charge in [0, 0.05) is 19.0 Å². The summed E-state index contributed by atoms with van der Waals surface area (Å²) in [5, 5.41) is 8.85. The summed E-state index contributed by atoms with van der Waals surface area (Å²) in [4.78, 5) is 24.5. The Labute approximate surface area is 124 Å². The quantitative estimate of drug-likeness (QED) is 0.876. The molecule has 0 heterocycles. The van der Waals surface area contributed by atoms with Gasteiger partial charge in [0.25, 0.3) is 0 Å². The molecule has 0 aliphatic rings. The van der Waals surface area contributed by atoms with Crippen LogP contribution in [0.25, 0.3) is 0 Å². The lowest BCUT2D eigenvalue weighted by Crippen LogP contribution is -2.34. The van der Waals surface area contributed by atoms with Gasteiger partial charge in [-0.3, -0.25) is 9.59 Å². The van der Waals surface area contributed by atoms with Crippen LogP contribution in [-0.4, -0.2) is 28.9 Å². The van der Waals surface area contributed by atoms with E-state index >= 15 is 0 Å². The van der Waals surface area contributed by atoms with Gasteiger partial charge in [0.05, 0.1) is 12.5 Å². The van der Waals surface area contributed by atoms with Crippen molar-refractivity contribution in [3.63, 3.8) is 0 Å². The van der Waals surface area contributed by atoms with Crippen molar-refractivity contribution in [3.05, 3.63) is 35.6 Å². The molecule has 1 N–H and O–H groups in total. The molecule has 0 aliphatic carbocycles. The number of benzene rings is 1. The lowest BCUT2D eigenvalue weighted by molar-refractivity contribution is -0.140. The Balaban J connectivity index is 2.79. The molecule has 1 atom stereocenters. The Kier molecular flexibility index (Phi) is 5.47. The fourth-order valence-corrected chi connectivity index (χ4v) is 2.24. The van der Waals surface area contributed by atoms with Gasteiger partial charge in [-0.25, -0.2) is 4.39 Å². The molecular weight excluding hydrogens is 273 g/mol. The zero-order valence-corrected chi connectivity index (χ0v) is 12.9. The number of aliphatic carboxylic acids is 1. The van der Waals surface area contributed by atoms with E-state index in [1.165, 1.54) is 11.0 Å². The van der Waals surface area contributed by atoms with Gasteiger partial charge in [0.2, 0.25) is 5.91 Å². The van der Waals surface area contributed by atoms with E-state index in [4.69, 9.17) is 5.11 Å². The van der Waals surface area contributed by atoms with E-state index < -0.39 is 17.4 Å². The monoisotopic (exact) mass is 295 g/mol. The van der Waals surface area contributed by atoms with Crippen LogP contribution in [0.1, 0.15) is 45.2 Å². The number of carboxylic acid groups (broad SMARTS) is 1. The number of hydrogen-bond acceptors (Lipinski definition) is 2. The summed E-state index contributed by atoms with van der Waals surface area (Å²) in [5.41, 5.74) is -0.184. The molecule has 0 aromatic heterocycles. The summed E-state index contributed by atoms with van der Waals surface area (Å²) < 4.78 is 13.8. The number of halogens is 1. The van der Waals surface area contributed by atoms with Crippen molar-refractivity contribution in [3.8, 4) is 0 Å². The second kappa shape index (κ2) is 6.70. The highest BCUT2D eigenvalue weighted by Crippen LogP contribution is 2.28. The van der Waals surface area contributed by atoms with Crippen LogP contribution in [0.15, 0.2) is 24.3 Å². The predicted molar refractivity (Wildman–Crippen MR) is 78.2 cm³/mol. The van der Waals surface area contributed by atoms with Crippen LogP contribution in [0.3, 0.4) is 0 Å². The molecule has 1 aromatic rings.